The fraction of sp³-hybridized carbons (Fsp3) is 0.0857. The molecule has 192 valence electrons. The number of fused-ring (bicyclic) bond motifs is 6. The topological polar surface area (TPSA) is 95.2 Å². The third-order valence-corrected chi connectivity index (χ3v) is 7.84. The number of nitriles is 4. The molecule has 41 heavy (non-hydrogen) atoms. The van der Waals surface area contributed by atoms with E-state index in [1.807, 2.05) is 12.1 Å². The van der Waals surface area contributed by atoms with Crippen molar-refractivity contribution in [1.29, 1.82) is 21.0 Å². The molecule has 0 saturated heterocycles. The minimum atomic E-state index is -1.59. The molecule has 0 aliphatic heterocycles. The van der Waals surface area contributed by atoms with Crippen molar-refractivity contribution in [2.75, 3.05) is 0 Å². The van der Waals surface area contributed by atoms with Gasteiger partial charge >= 0.3 is 0 Å². The van der Waals surface area contributed by atoms with E-state index in [0.717, 1.165) is 21.5 Å². The van der Waals surface area contributed by atoms with Crippen LogP contribution in [0.2, 0.25) is 0 Å². The molecule has 0 bridgehead atoms. The Morgan fingerprint density at radius 2 is 0.951 bits per heavy atom. The Bertz CT molecular complexity index is 2070. The number of nitrogens with zero attached hydrogens (tertiary/aromatic N) is 4. The van der Waals surface area contributed by atoms with Gasteiger partial charge in [0.05, 0.1) is 35.4 Å². The average molecular weight is 533 g/mol. The Kier molecular flexibility index (Phi) is 5.85. The van der Waals surface area contributed by atoms with Crippen molar-refractivity contribution in [1.82, 2.24) is 0 Å². The van der Waals surface area contributed by atoms with Gasteiger partial charge in [0.15, 0.2) is 5.41 Å². The van der Waals surface area contributed by atoms with Crippen LogP contribution >= 0.6 is 0 Å². The normalized spacial score (nSPS) is 13.0. The van der Waals surface area contributed by atoms with Gasteiger partial charge < -0.3 is 0 Å². The van der Waals surface area contributed by atoms with Crippen molar-refractivity contribution >= 4 is 32.7 Å². The lowest BCUT2D eigenvalue weighted by Crippen LogP contribution is -2.27. The summed E-state index contributed by atoms with van der Waals surface area (Å²) in [6.07, 6.45) is 0. The van der Waals surface area contributed by atoms with Gasteiger partial charge in [-0.3, -0.25) is 0 Å². The van der Waals surface area contributed by atoms with E-state index >= 15 is 0 Å². The van der Waals surface area contributed by atoms with Crippen LogP contribution in [-0.4, -0.2) is 0 Å². The van der Waals surface area contributed by atoms with Gasteiger partial charge in [0.25, 0.3) is 0 Å². The second-order valence-corrected chi connectivity index (χ2v) is 10.2. The Hall–Kier alpha value is -5.82. The molecule has 6 heteroatoms. The maximum atomic E-state index is 14.1. The Morgan fingerprint density at radius 3 is 1.29 bits per heavy atom. The molecule has 5 aromatic rings. The summed E-state index contributed by atoms with van der Waals surface area (Å²) in [5, 5.41) is 44.9. The second kappa shape index (κ2) is 9.43. The summed E-state index contributed by atoms with van der Waals surface area (Å²) >= 11 is 0. The molecule has 0 amide bonds. The predicted octanol–water partition coefficient (Wildman–Crippen LogP) is 6.10. The molecule has 0 N–H and O–H groups in total. The van der Waals surface area contributed by atoms with Gasteiger partial charge in [0, 0.05) is 5.92 Å². The molecule has 0 atom stereocenters. The number of rotatable bonds is 3. The maximum Gasteiger partial charge on any atom is 0.151 e. The summed E-state index contributed by atoms with van der Waals surface area (Å²) in [7, 11) is 0. The van der Waals surface area contributed by atoms with Crippen LogP contribution in [0.3, 0.4) is 0 Å². The van der Waals surface area contributed by atoms with Gasteiger partial charge in [-0.1, -0.05) is 36.4 Å². The van der Waals surface area contributed by atoms with Gasteiger partial charge in [-0.25, -0.2) is 8.78 Å². The number of benzene rings is 5. The molecule has 0 saturated carbocycles. The van der Waals surface area contributed by atoms with E-state index < -0.39 is 23.0 Å². The Balaban J connectivity index is 2.02. The van der Waals surface area contributed by atoms with E-state index in [9.17, 15) is 29.8 Å². The molecular formula is C35H18F2N4. The number of hydrogen-bond acceptors (Lipinski definition) is 4. The standard InChI is InChI=1S/C35H18F2N4/c1-35(18-40,19-41)34-30(22-4-8-24(36)9-5-22)32-28-14-20(16-38)2-12-26(28)27-13-3-21(17-39)15-29(27)33(32)31(34)23-6-10-25(37)11-7-23/h2-15,34H,1H3. The summed E-state index contributed by atoms with van der Waals surface area (Å²) < 4.78 is 28.3. The van der Waals surface area contributed by atoms with E-state index in [4.69, 9.17) is 0 Å². The minimum Gasteiger partial charge on any atom is -0.207 e. The fourth-order valence-electron chi connectivity index (χ4n) is 5.99. The smallest absolute Gasteiger partial charge is 0.151 e. The molecule has 0 radical (unpaired) electrons. The second-order valence-electron chi connectivity index (χ2n) is 10.2. The van der Waals surface area contributed by atoms with Crippen LogP contribution in [0, 0.1) is 68.3 Å². The lowest BCUT2D eigenvalue weighted by atomic mass is 9.69. The van der Waals surface area contributed by atoms with E-state index in [-0.39, 0.29) is 0 Å². The molecule has 0 spiro atoms. The number of hydrogen-bond donors (Lipinski definition) is 0. The first-order chi connectivity index (χ1) is 19.8. The van der Waals surface area contributed by atoms with Crippen molar-refractivity contribution in [2.45, 2.75) is 6.92 Å². The molecule has 1 aliphatic rings. The van der Waals surface area contributed by atoms with E-state index in [1.165, 1.54) is 24.3 Å². The monoisotopic (exact) mass is 532 g/mol. The van der Waals surface area contributed by atoms with Crippen LogP contribution in [0.25, 0.3) is 32.7 Å². The van der Waals surface area contributed by atoms with Crippen LogP contribution in [0.15, 0.2) is 84.9 Å². The van der Waals surface area contributed by atoms with Crippen molar-refractivity contribution in [3.05, 3.63) is 129 Å². The van der Waals surface area contributed by atoms with Crippen molar-refractivity contribution in [2.24, 2.45) is 11.3 Å². The molecule has 0 fully saturated rings. The van der Waals surface area contributed by atoms with Crippen molar-refractivity contribution in [3.8, 4) is 24.3 Å². The molecule has 0 aromatic heterocycles. The molecule has 0 unspecified atom stereocenters. The highest BCUT2D eigenvalue weighted by Crippen LogP contribution is 2.46. The summed E-state index contributed by atoms with van der Waals surface area (Å²) in [5.74, 6) is -1.72. The largest absolute Gasteiger partial charge is 0.207 e. The van der Waals surface area contributed by atoms with Gasteiger partial charge in [-0.2, -0.15) is 21.0 Å². The highest BCUT2D eigenvalue weighted by molar-refractivity contribution is 6.12. The molecule has 4 nitrogen and oxygen atoms in total. The first kappa shape index (κ1) is 25.5. The van der Waals surface area contributed by atoms with Gasteiger partial charge in [0.2, 0.25) is 0 Å². The Morgan fingerprint density at radius 1 is 0.561 bits per heavy atom. The lowest BCUT2D eigenvalue weighted by Gasteiger charge is -2.28. The van der Waals surface area contributed by atoms with Crippen LogP contribution < -0.4 is 10.4 Å². The third kappa shape index (κ3) is 3.83. The highest BCUT2D eigenvalue weighted by Gasteiger charge is 2.44. The molecular weight excluding hydrogens is 514 g/mol. The van der Waals surface area contributed by atoms with E-state index in [2.05, 4.69) is 24.3 Å². The van der Waals surface area contributed by atoms with Gasteiger partial charge in [-0.15, -0.1) is 0 Å². The van der Waals surface area contributed by atoms with Crippen LogP contribution in [0.1, 0.15) is 29.2 Å². The zero-order valence-corrected chi connectivity index (χ0v) is 21.7. The fourth-order valence-corrected chi connectivity index (χ4v) is 5.99. The first-order valence-electron chi connectivity index (χ1n) is 12.8. The highest BCUT2D eigenvalue weighted by atomic mass is 19.1. The van der Waals surface area contributed by atoms with E-state index in [1.54, 1.807) is 55.5 Å². The number of halogens is 2. The molecule has 5 aromatic carbocycles. The van der Waals surface area contributed by atoms with Crippen LogP contribution in [-0.2, 0) is 0 Å². The quantitative estimate of drug-likeness (QED) is 0.263. The Labute approximate surface area is 234 Å². The summed E-state index contributed by atoms with van der Waals surface area (Å²) in [4.78, 5) is 0. The SMILES string of the molecule is CC(C#N)(C#N)C1C(c2ccc(F)cc2)=c2c(c3cc(C#N)ccc3c3ccc(C#N)cc23)=C1c1ccc(F)cc1. The molecule has 0 heterocycles. The van der Waals surface area contributed by atoms with Crippen molar-refractivity contribution < 1.29 is 8.78 Å². The third-order valence-electron chi connectivity index (χ3n) is 7.84. The predicted molar refractivity (Wildman–Crippen MR) is 151 cm³/mol. The zero-order chi connectivity index (χ0) is 28.9. The summed E-state index contributed by atoms with van der Waals surface area (Å²) in [6.45, 7) is 1.56. The molecule has 1 aliphatic carbocycles. The summed E-state index contributed by atoms with van der Waals surface area (Å²) in [6, 6.07) is 31.2. The van der Waals surface area contributed by atoms with Crippen LogP contribution in [0.5, 0.6) is 0 Å². The van der Waals surface area contributed by atoms with Gasteiger partial charge in [0.1, 0.15) is 11.6 Å². The lowest BCUT2D eigenvalue weighted by molar-refractivity contribution is 0.516. The minimum absolute atomic E-state index is 0.418. The molecule has 6 rings (SSSR count). The average Bonchev–Trinajstić information content (AvgIpc) is 3.38. The maximum absolute atomic E-state index is 14.1. The summed E-state index contributed by atoms with van der Waals surface area (Å²) in [5.41, 5.74) is 1.69. The first-order valence-corrected chi connectivity index (χ1v) is 12.8. The van der Waals surface area contributed by atoms with E-state index in [0.29, 0.717) is 43.8 Å². The van der Waals surface area contributed by atoms with Crippen LogP contribution in [0.4, 0.5) is 8.78 Å². The van der Waals surface area contributed by atoms with Gasteiger partial charge in [-0.05, 0) is 110 Å². The zero-order valence-electron chi connectivity index (χ0n) is 21.7. The van der Waals surface area contributed by atoms with Crippen molar-refractivity contribution in [3.63, 3.8) is 0 Å².